The number of carbonyl (C=O) groups excluding carboxylic acids is 1. The molecule has 1 N–H and O–H groups in total. The minimum absolute atomic E-state index is 0.0220. The van der Waals surface area contributed by atoms with Gasteiger partial charge in [0.15, 0.2) is 0 Å². The normalized spacial score (nSPS) is 30.5. The summed E-state index contributed by atoms with van der Waals surface area (Å²) in [6.07, 6.45) is 6.36. The topological polar surface area (TPSA) is 41.6 Å². The van der Waals surface area contributed by atoms with Gasteiger partial charge in [0.1, 0.15) is 5.75 Å². The third-order valence-electron chi connectivity index (χ3n) is 6.22. The number of nitrogens with one attached hydrogen (secondary N) is 1. The van der Waals surface area contributed by atoms with Crippen LogP contribution < -0.4 is 10.1 Å². The monoisotopic (exact) mass is 362 g/mol. The molecule has 0 aromatic heterocycles. The lowest BCUT2D eigenvalue weighted by molar-refractivity contribution is 0.0513. The molecule has 3 saturated heterocycles. The van der Waals surface area contributed by atoms with Crippen LogP contribution in [0.15, 0.2) is 12.1 Å². The Morgan fingerprint density at radius 1 is 1.32 bits per heavy atom. The number of rotatable bonds is 4. The molecule has 4 heterocycles. The Morgan fingerprint density at radius 3 is 2.72 bits per heavy atom. The lowest BCUT2D eigenvalue weighted by Crippen LogP contribution is -2.61. The molecule has 136 valence electrons. The lowest BCUT2D eigenvalue weighted by Gasteiger charge is -2.48. The van der Waals surface area contributed by atoms with E-state index >= 15 is 0 Å². The molecule has 0 spiro atoms. The number of nitrogens with zero attached hydrogens (tertiary/aromatic N) is 1. The van der Waals surface area contributed by atoms with Crippen LogP contribution in [0.3, 0.4) is 0 Å². The first-order valence-corrected chi connectivity index (χ1v) is 9.99. The van der Waals surface area contributed by atoms with Crippen molar-refractivity contribution in [1.82, 2.24) is 10.2 Å². The Kier molecular flexibility index (Phi) is 4.67. The number of ether oxygens (including phenoxy) is 1. The Bertz CT molecular complexity index is 654. The largest absolute Gasteiger partial charge is 0.492 e. The predicted octanol–water partition coefficient (Wildman–Crippen LogP) is 3.97. The van der Waals surface area contributed by atoms with Crippen LogP contribution >= 0.6 is 11.6 Å². The van der Waals surface area contributed by atoms with Gasteiger partial charge in [0.25, 0.3) is 5.91 Å². The van der Waals surface area contributed by atoms with Gasteiger partial charge in [0.2, 0.25) is 0 Å². The maximum absolute atomic E-state index is 13.1. The standard InChI is InChI=1S/C20H27ClN2O2/c1-2-3-14-4-11-25-18-16(14)12-15(21)13-17(18)19(24)22-20-5-8-23(9-6-20)10-7-20/h12-14H,2-11H2,1H3,(H,22,24). The van der Waals surface area contributed by atoms with Gasteiger partial charge in [-0.1, -0.05) is 24.9 Å². The fourth-order valence-electron chi connectivity index (χ4n) is 4.68. The molecule has 0 radical (unpaired) electrons. The van der Waals surface area contributed by atoms with Gasteiger partial charge in [-0.2, -0.15) is 0 Å². The lowest BCUT2D eigenvalue weighted by atomic mass is 9.79. The zero-order valence-corrected chi connectivity index (χ0v) is 15.7. The van der Waals surface area contributed by atoms with Crippen molar-refractivity contribution in [3.05, 3.63) is 28.3 Å². The van der Waals surface area contributed by atoms with Crippen LogP contribution in [0.4, 0.5) is 0 Å². The fraction of sp³-hybridized carbons (Fsp3) is 0.650. The summed E-state index contributed by atoms with van der Waals surface area (Å²) in [4.78, 5) is 15.6. The maximum atomic E-state index is 13.1. The highest BCUT2D eigenvalue weighted by Crippen LogP contribution is 2.41. The van der Waals surface area contributed by atoms with Gasteiger partial charge in [-0.25, -0.2) is 0 Å². The number of halogens is 1. The first kappa shape index (κ1) is 17.2. The summed E-state index contributed by atoms with van der Waals surface area (Å²) in [5.74, 6) is 1.18. The highest BCUT2D eigenvalue weighted by Gasteiger charge is 2.41. The first-order chi connectivity index (χ1) is 12.1. The molecular weight excluding hydrogens is 336 g/mol. The van der Waals surface area contributed by atoms with E-state index < -0.39 is 0 Å². The molecule has 25 heavy (non-hydrogen) atoms. The van der Waals surface area contributed by atoms with Crippen LogP contribution in [0, 0.1) is 0 Å². The van der Waals surface area contributed by atoms with Gasteiger partial charge < -0.3 is 15.0 Å². The van der Waals surface area contributed by atoms with Crippen LogP contribution in [-0.2, 0) is 0 Å². The highest BCUT2D eigenvalue weighted by atomic mass is 35.5. The second-order valence-electron chi connectivity index (χ2n) is 7.82. The Labute approximate surface area is 154 Å². The number of amides is 1. The third kappa shape index (κ3) is 3.26. The number of carbonyl (C=O) groups is 1. The predicted molar refractivity (Wildman–Crippen MR) is 99.7 cm³/mol. The van der Waals surface area contributed by atoms with Gasteiger partial charge in [0.05, 0.1) is 12.2 Å². The molecule has 4 aliphatic heterocycles. The molecule has 5 heteroatoms. The second kappa shape index (κ2) is 6.81. The zero-order valence-electron chi connectivity index (χ0n) is 14.9. The Balaban J connectivity index is 1.62. The van der Waals surface area contributed by atoms with Gasteiger partial charge in [-0.3, -0.25) is 4.79 Å². The van der Waals surface area contributed by atoms with Crippen molar-refractivity contribution in [2.75, 3.05) is 26.2 Å². The van der Waals surface area contributed by atoms with Crippen LogP contribution in [0.1, 0.15) is 67.3 Å². The third-order valence-corrected chi connectivity index (χ3v) is 6.43. The molecule has 3 fully saturated rings. The minimum Gasteiger partial charge on any atom is -0.492 e. The van der Waals surface area contributed by atoms with Gasteiger partial charge in [-0.05, 0) is 55.7 Å². The van der Waals surface area contributed by atoms with E-state index in [-0.39, 0.29) is 11.4 Å². The summed E-state index contributed by atoms with van der Waals surface area (Å²) >= 11 is 6.37. The van der Waals surface area contributed by atoms with Crippen molar-refractivity contribution in [2.45, 2.75) is 56.9 Å². The molecule has 1 aromatic carbocycles. The molecule has 1 amide bonds. The summed E-state index contributed by atoms with van der Waals surface area (Å²) < 4.78 is 5.95. The first-order valence-electron chi connectivity index (χ1n) is 9.61. The molecule has 2 bridgehead atoms. The zero-order chi connectivity index (χ0) is 17.4. The second-order valence-corrected chi connectivity index (χ2v) is 8.26. The van der Waals surface area contributed by atoms with Crippen molar-refractivity contribution in [3.8, 4) is 5.75 Å². The molecule has 1 aromatic rings. The summed E-state index contributed by atoms with van der Waals surface area (Å²) in [7, 11) is 0. The van der Waals surface area contributed by atoms with E-state index in [4.69, 9.17) is 16.3 Å². The van der Waals surface area contributed by atoms with E-state index in [2.05, 4.69) is 17.1 Å². The van der Waals surface area contributed by atoms with E-state index in [0.29, 0.717) is 23.1 Å². The maximum Gasteiger partial charge on any atom is 0.255 e. The minimum atomic E-state index is -0.0431. The number of hydrogen-bond donors (Lipinski definition) is 1. The SMILES string of the molecule is CCCC1CCOc2c(C(=O)NC34CCN(CC3)CC4)cc(Cl)cc21. The molecule has 4 nitrogen and oxygen atoms in total. The summed E-state index contributed by atoms with van der Waals surface area (Å²) in [5, 5.41) is 3.99. The van der Waals surface area contributed by atoms with Crippen LogP contribution in [0.5, 0.6) is 5.75 Å². The van der Waals surface area contributed by atoms with Gasteiger partial charge >= 0.3 is 0 Å². The van der Waals surface area contributed by atoms with Crippen LogP contribution in [-0.4, -0.2) is 42.6 Å². The quantitative estimate of drug-likeness (QED) is 0.881. The Hall–Kier alpha value is -1.26. The van der Waals surface area contributed by atoms with E-state index in [1.807, 2.05) is 6.07 Å². The molecular formula is C20H27ClN2O2. The number of benzene rings is 1. The summed E-state index contributed by atoms with van der Waals surface area (Å²) in [6, 6.07) is 3.77. The van der Waals surface area contributed by atoms with Crippen molar-refractivity contribution in [3.63, 3.8) is 0 Å². The smallest absolute Gasteiger partial charge is 0.255 e. The van der Waals surface area contributed by atoms with E-state index in [0.717, 1.165) is 69.5 Å². The molecule has 1 atom stereocenters. The van der Waals surface area contributed by atoms with Crippen molar-refractivity contribution in [1.29, 1.82) is 0 Å². The number of fused-ring (bicyclic) bond motifs is 4. The van der Waals surface area contributed by atoms with Gasteiger partial charge in [-0.15, -0.1) is 0 Å². The van der Waals surface area contributed by atoms with E-state index in [1.165, 1.54) is 0 Å². The van der Waals surface area contributed by atoms with Crippen molar-refractivity contribution in [2.24, 2.45) is 0 Å². The molecule has 1 unspecified atom stereocenters. The number of hydrogen-bond acceptors (Lipinski definition) is 3. The number of piperidine rings is 3. The molecule has 0 saturated carbocycles. The summed E-state index contributed by atoms with van der Waals surface area (Å²) in [5.41, 5.74) is 1.69. The van der Waals surface area contributed by atoms with Crippen molar-refractivity contribution >= 4 is 17.5 Å². The summed E-state index contributed by atoms with van der Waals surface area (Å²) in [6.45, 7) is 6.14. The van der Waals surface area contributed by atoms with E-state index in [1.54, 1.807) is 6.07 Å². The Morgan fingerprint density at radius 2 is 2.04 bits per heavy atom. The average molecular weight is 363 g/mol. The molecule has 4 aliphatic rings. The van der Waals surface area contributed by atoms with Gasteiger partial charge in [0, 0.05) is 30.2 Å². The van der Waals surface area contributed by atoms with Crippen molar-refractivity contribution < 1.29 is 9.53 Å². The fourth-order valence-corrected chi connectivity index (χ4v) is 4.90. The highest BCUT2D eigenvalue weighted by molar-refractivity contribution is 6.31. The average Bonchev–Trinajstić information content (AvgIpc) is 2.63. The van der Waals surface area contributed by atoms with Crippen LogP contribution in [0.25, 0.3) is 0 Å². The van der Waals surface area contributed by atoms with E-state index in [9.17, 15) is 4.79 Å². The molecule has 5 rings (SSSR count). The van der Waals surface area contributed by atoms with Crippen LogP contribution in [0.2, 0.25) is 5.02 Å². The molecule has 0 aliphatic carbocycles.